The molecule has 0 unspecified atom stereocenters. The average Bonchev–Trinajstić information content (AvgIpc) is 2.50. The van der Waals surface area contributed by atoms with Crippen molar-refractivity contribution in [2.24, 2.45) is 0 Å². The molecule has 1 aliphatic rings. The molecule has 0 fully saturated rings. The standard InChI is InChI=1S/C17H27NO3/c1-2-3-4-5-6-7-8-19-13-14-11-16-17(12-15(14)18)21-10-9-20-16/h11-12H,2-10,13,18H2,1H3. The monoisotopic (exact) mass is 293 g/mol. The Kier molecular flexibility index (Phi) is 6.67. The van der Waals surface area contributed by atoms with Crippen LogP contribution in [0.3, 0.4) is 0 Å². The molecule has 118 valence electrons. The summed E-state index contributed by atoms with van der Waals surface area (Å²) in [6.07, 6.45) is 7.65. The summed E-state index contributed by atoms with van der Waals surface area (Å²) < 4.78 is 16.8. The van der Waals surface area contributed by atoms with Crippen LogP contribution in [0.15, 0.2) is 12.1 Å². The highest BCUT2D eigenvalue weighted by Gasteiger charge is 2.14. The fourth-order valence-electron chi connectivity index (χ4n) is 2.44. The van der Waals surface area contributed by atoms with Gasteiger partial charge in [0.2, 0.25) is 0 Å². The van der Waals surface area contributed by atoms with Gasteiger partial charge in [-0.1, -0.05) is 39.0 Å². The van der Waals surface area contributed by atoms with Crippen LogP contribution >= 0.6 is 0 Å². The van der Waals surface area contributed by atoms with Crippen LogP contribution in [0.1, 0.15) is 51.0 Å². The quantitative estimate of drug-likeness (QED) is 0.554. The van der Waals surface area contributed by atoms with Crippen molar-refractivity contribution in [3.8, 4) is 11.5 Å². The average molecular weight is 293 g/mol. The molecule has 1 aromatic carbocycles. The van der Waals surface area contributed by atoms with Crippen LogP contribution in [0.4, 0.5) is 5.69 Å². The van der Waals surface area contributed by atoms with Crippen LogP contribution in [-0.4, -0.2) is 19.8 Å². The minimum absolute atomic E-state index is 0.539. The Morgan fingerprint density at radius 3 is 2.43 bits per heavy atom. The van der Waals surface area contributed by atoms with E-state index in [9.17, 15) is 0 Å². The van der Waals surface area contributed by atoms with Crippen LogP contribution < -0.4 is 15.2 Å². The van der Waals surface area contributed by atoms with Crippen molar-refractivity contribution in [2.45, 2.75) is 52.1 Å². The lowest BCUT2D eigenvalue weighted by molar-refractivity contribution is 0.116. The molecule has 0 aliphatic carbocycles. The lowest BCUT2D eigenvalue weighted by Crippen LogP contribution is -2.16. The number of benzene rings is 1. The van der Waals surface area contributed by atoms with Gasteiger partial charge in [0.25, 0.3) is 0 Å². The van der Waals surface area contributed by atoms with Crippen molar-refractivity contribution < 1.29 is 14.2 Å². The maximum atomic E-state index is 6.02. The third-order valence-corrected chi connectivity index (χ3v) is 3.70. The first-order valence-electron chi connectivity index (χ1n) is 8.07. The molecule has 4 nitrogen and oxygen atoms in total. The van der Waals surface area contributed by atoms with Gasteiger partial charge in [-0.2, -0.15) is 0 Å². The lowest BCUT2D eigenvalue weighted by Gasteiger charge is -2.20. The van der Waals surface area contributed by atoms with E-state index in [1.807, 2.05) is 12.1 Å². The number of nitrogens with two attached hydrogens (primary N) is 1. The second-order valence-electron chi connectivity index (χ2n) is 5.52. The molecule has 0 bridgehead atoms. The van der Waals surface area contributed by atoms with Crippen LogP contribution in [0, 0.1) is 0 Å². The molecule has 4 heteroatoms. The molecular formula is C17H27NO3. The van der Waals surface area contributed by atoms with Gasteiger partial charge in [-0.15, -0.1) is 0 Å². The number of anilines is 1. The van der Waals surface area contributed by atoms with Crippen molar-refractivity contribution in [2.75, 3.05) is 25.6 Å². The highest BCUT2D eigenvalue weighted by atomic mass is 16.6. The topological polar surface area (TPSA) is 53.7 Å². The first-order chi connectivity index (χ1) is 10.3. The zero-order valence-electron chi connectivity index (χ0n) is 13.0. The lowest BCUT2D eigenvalue weighted by atomic mass is 10.1. The number of fused-ring (bicyclic) bond motifs is 1. The minimum atomic E-state index is 0.539. The van der Waals surface area contributed by atoms with Crippen molar-refractivity contribution in [1.29, 1.82) is 0 Å². The Balaban J connectivity index is 1.68. The Hall–Kier alpha value is -1.42. The van der Waals surface area contributed by atoms with Crippen molar-refractivity contribution in [3.63, 3.8) is 0 Å². The molecule has 0 saturated heterocycles. The van der Waals surface area contributed by atoms with Gasteiger partial charge in [-0.05, 0) is 12.5 Å². The Morgan fingerprint density at radius 1 is 1.00 bits per heavy atom. The van der Waals surface area contributed by atoms with Gasteiger partial charge < -0.3 is 19.9 Å². The van der Waals surface area contributed by atoms with Gasteiger partial charge in [0.05, 0.1) is 6.61 Å². The molecule has 21 heavy (non-hydrogen) atoms. The third-order valence-electron chi connectivity index (χ3n) is 3.70. The first-order valence-corrected chi connectivity index (χ1v) is 8.07. The molecule has 0 spiro atoms. The van der Waals surface area contributed by atoms with E-state index in [0.29, 0.717) is 25.5 Å². The number of hydrogen-bond acceptors (Lipinski definition) is 4. The summed E-state index contributed by atoms with van der Waals surface area (Å²) >= 11 is 0. The predicted molar refractivity (Wildman–Crippen MR) is 84.9 cm³/mol. The van der Waals surface area contributed by atoms with Gasteiger partial charge >= 0.3 is 0 Å². The smallest absolute Gasteiger partial charge is 0.163 e. The Morgan fingerprint density at radius 2 is 1.67 bits per heavy atom. The molecule has 1 aromatic rings. The van der Waals surface area contributed by atoms with Gasteiger partial charge in [-0.25, -0.2) is 0 Å². The molecule has 1 aliphatic heterocycles. The summed E-state index contributed by atoms with van der Waals surface area (Å²) in [5.41, 5.74) is 7.71. The third kappa shape index (κ3) is 5.12. The normalized spacial score (nSPS) is 13.4. The summed E-state index contributed by atoms with van der Waals surface area (Å²) in [6, 6.07) is 3.77. The van der Waals surface area contributed by atoms with Gasteiger partial charge in [0.15, 0.2) is 11.5 Å². The number of unbranched alkanes of at least 4 members (excludes halogenated alkanes) is 5. The minimum Gasteiger partial charge on any atom is -0.486 e. The van der Waals surface area contributed by atoms with E-state index in [1.54, 1.807) is 0 Å². The highest BCUT2D eigenvalue weighted by Crippen LogP contribution is 2.34. The zero-order valence-corrected chi connectivity index (χ0v) is 13.0. The Bertz CT molecular complexity index is 434. The van der Waals surface area contributed by atoms with E-state index >= 15 is 0 Å². The molecule has 0 amide bonds. The van der Waals surface area contributed by atoms with Gasteiger partial charge in [0, 0.05) is 23.9 Å². The second kappa shape index (κ2) is 8.78. The van der Waals surface area contributed by atoms with E-state index in [0.717, 1.165) is 30.1 Å². The molecule has 0 atom stereocenters. The van der Waals surface area contributed by atoms with E-state index in [-0.39, 0.29) is 0 Å². The second-order valence-corrected chi connectivity index (χ2v) is 5.52. The number of nitrogen functional groups attached to an aromatic ring is 1. The fourth-order valence-corrected chi connectivity index (χ4v) is 2.44. The number of ether oxygens (including phenoxy) is 3. The fraction of sp³-hybridized carbons (Fsp3) is 0.647. The Labute approximate surface area is 127 Å². The summed E-state index contributed by atoms with van der Waals surface area (Å²) in [7, 11) is 0. The zero-order chi connectivity index (χ0) is 14.9. The largest absolute Gasteiger partial charge is 0.486 e. The molecule has 0 radical (unpaired) electrons. The predicted octanol–water partition coefficient (Wildman–Crippen LogP) is 3.92. The molecule has 1 heterocycles. The summed E-state index contributed by atoms with van der Waals surface area (Å²) in [4.78, 5) is 0. The molecular weight excluding hydrogens is 266 g/mol. The number of hydrogen-bond donors (Lipinski definition) is 1. The van der Waals surface area contributed by atoms with E-state index < -0.39 is 0 Å². The van der Waals surface area contributed by atoms with E-state index in [4.69, 9.17) is 19.9 Å². The van der Waals surface area contributed by atoms with E-state index in [1.165, 1.54) is 32.1 Å². The van der Waals surface area contributed by atoms with E-state index in [2.05, 4.69) is 6.92 Å². The molecule has 0 aromatic heterocycles. The van der Waals surface area contributed by atoms with Crippen molar-refractivity contribution in [1.82, 2.24) is 0 Å². The maximum Gasteiger partial charge on any atom is 0.163 e. The summed E-state index contributed by atoms with van der Waals surface area (Å²) in [5.74, 6) is 1.51. The SMILES string of the molecule is CCCCCCCCOCc1cc2c(cc1N)OCCO2. The van der Waals surface area contributed by atoms with Crippen LogP contribution in [0.25, 0.3) is 0 Å². The first kappa shape index (κ1) is 16.0. The van der Waals surface area contributed by atoms with Gasteiger partial charge in [-0.3, -0.25) is 0 Å². The van der Waals surface area contributed by atoms with Crippen LogP contribution in [0.2, 0.25) is 0 Å². The number of rotatable bonds is 9. The maximum absolute atomic E-state index is 6.02. The highest BCUT2D eigenvalue weighted by molar-refractivity contribution is 5.58. The molecule has 0 saturated carbocycles. The van der Waals surface area contributed by atoms with Crippen LogP contribution in [-0.2, 0) is 11.3 Å². The summed E-state index contributed by atoms with van der Waals surface area (Å²) in [6.45, 7) is 4.74. The van der Waals surface area contributed by atoms with Crippen molar-refractivity contribution in [3.05, 3.63) is 17.7 Å². The van der Waals surface area contributed by atoms with Crippen molar-refractivity contribution >= 4 is 5.69 Å². The van der Waals surface area contributed by atoms with Crippen LogP contribution in [0.5, 0.6) is 11.5 Å². The molecule has 2 N–H and O–H groups in total. The van der Waals surface area contributed by atoms with Gasteiger partial charge in [0.1, 0.15) is 13.2 Å². The summed E-state index contributed by atoms with van der Waals surface area (Å²) in [5, 5.41) is 0. The molecule has 2 rings (SSSR count).